The van der Waals surface area contributed by atoms with Crippen molar-refractivity contribution >= 4 is 48.7 Å². The number of carboxylic acids is 2. The molecule has 0 saturated carbocycles. The van der Waals surface area contributed by atoms with Crippen molar-refractivity contribution in [2.45, 2.75) is 20.0 Å². The van der Waals surface area contributed by atoms with Gasteiger partial charge in [0.2, 0.25) is 0 Å². The number of rotatable bonds is 6. The van der Waals surface area contributed by atoms with E-state index in [-0.39, 0.29) is 22.0 Å². The van der Waals surface area contributed by atoms with E-state index in [4.69, 9.17) is 31.4 Å². The van der Waals surface area contributed by atoms with Gasteiger partial charge in [0, 0.05) is 13.1 Å². The summed E-state index contributed by atoms with van der Waals surface area (Å²) in [5, 5.41) is 38.8. The van der Waals surface area contributed by atoms with Crippen LogP contribution in [-0.2, 0) is 32.3 Å². The van der Waals surface area contributed by atoms with Crippen molar-refractivity contribution in [1.82, 2.24) is 4.90 Å². The summed E-state index contributed by atoms with van der Waals surface area (Å²) >= 11 is 5.78. The van der Waals surface area contributed by atoms with Crippen molar-refractivity contribution in [3.63, 3.8) is 0 Å². The van der Waals surface area contributed by atoms with Crippen LogP contribution in [0.3, 0.4) is 0 Å². The molecule has 208 valence electrons. The number of phenols is 2. The molecule has 0 heterocycles. The van der Waals surface area contributed by atoms with Gasteiger partial charge in [0.15, 0.2) is 0 Å². The van der Waals surface area contributed by atoms with Crippen LogP contribution in [0, 0.1) is 6.92 Å². The van der Waals surface area contributed by atoms with Crippen LogP contribution in [0.25, 0.3) is 0 Å². The molecule has 0 fully saturated rings. The molecule has 3 rings (SSSR count). The first-order valence-corrected chi connectivity index (χ1v) is 11.2. The molecule has 0 aliphatic rings. The van der Waals surface area contributed by atoms with Crippen molar-refractivity contribution in [3.05, 3.63) is 87.9 Å². The topological polar surface area (TPSA) is 182 Å². The number of aliphatic carboxylic acids is 1. The maximum Gasteiger partial charge on any atom is 0.394 e. The molecule has 11 nitrogen and oxygen atoms in total. The van der Waals surface area contributed by atoms with E-state index >= 15 is 0 Å². The largest absolute Gasteiger partial charge is 0.508 e. The summed E-state index contributed by atoms with van der Waals surface area (Å²) in [6.45, 7) is 6.73. The number of aryl methyl sites for hydroxylation is 1. The normalized spacial score (nSPS) is 9.44. The average molecular weight is 561 g/mol. The van der Waals surface area contributed by atoms with Crippen LogP contribution in [0.5, 0.6) is 11.5 Å². The van der Waals surface area contributed by atoms with E-state index < -0.39 is 17.8 Å². The Hall–Kier alpha value is -4.74. The lowest BCUT2D eigenvalue weighted by Crippen LogP contribution is -2.23. The molecule has 0 aliphatic heterocycles. The van der Waals surface area contributed by atoms with Crippen LogP contribution in [-0.4, -0.2) is 63.8 Å². The Morgan fingerprint density at radius 1 is 0.846 bits per heavy atom. The molecular formula is C27H29ClN2O9. The van der Waals surface area contributed by atoms with Crippen molar-refractivity contribution in [2.24, 2.45) is 0 Å². The zero-order valence-corrected chi connectivity index (χ0v) is 22.0. The van der Waals surface area contributed by atoms with Gasteiger partial charge in [0.05, 0.1) is 16.3 Å². The maximum absolute atomic E-state index is 11.4. The number of para-hydroxylation sites is 1. The number of phenolic OH excluding ortho intramolecular Hbond substituents is 2. The fourth-order valence-corrected chi connectivity index (χ4v) is 3.17. The molecule has 0 unspecified atom stereocenters. The van der Waals surface area contributed by atoms with E-state index in [0.29, 0.717) is 24.4 Å². The van der Waals surface area contributed by atoms with Gasteiger partial charge in [-0.25, -0.2) is 9.59 Å². The van der Waals surface area contributed by atoms with E-state index in [1.54, 1.807) is 30.3 Å². The third kappa shape index (κ3) is 11.9. The van der Waals surface area contributed by atoms with Gasteiger partial charge in [-0.3, -0.25) is 9.69 Å². The molecular weight excluding hydrogens is 532 g/mol. The number of nitrogens with one attached hydrogen (secondary N) is 1. The summed E-state index contributed by atoms with van der Waals surface area (Å²) in [6.07, 6.45) is 0. The monoisotopic (exact) mass is 560 g/mol. The highest BCUT2D eigenvalue weighted by atomic mass is 35.5. The molecule has 0 aliphatic carbocycles. The van der Waals surface area contributed by atoms with Gasteiger partial charge >= 0.3 is 17.8 Å². The molecule has 0 saturated heterocycles. The summed E-state index contributed by atoms with van der Waals surface area (Å²) in [5.41, 5.74) is 2.10. The van der Waals surface area contributed by atoms with Crippen molar-refractivity contribution in [2.75, 3.05) is 12.4 Å². The highest BCUT2D eigenvalue weighted by Crippen LogP contribution is 2.25. The predicted octanol–water partition coefficient (Wildman–Crippen LogP) is 3.73. The van der Waals surface area contributed by atoms with Gasteiger partial charge in [-0.2, -0.15) is 0 Å². The second-order valence-corrected chi connectivity index (χ2v) is 8.10. The number of carboxylic acid groups (broad SMARTS) is 2. The Morgan fingerprint density at radius 2 is 1.38 bits per heavy atom. The first-order valence-electron chi connectivity index (χ1n) is 10.9. The molecule has 0 spiro atoms. The number of aromatic hydroxyl groups is 2. The lowest BCUT2D eigenvalue weighted by atomic mass is 10.1. The number of amides is 1. The number of nitrogens with zero attached hydrogens (tertiary/aromatic N) is 1. The van der Waals surface area contributed by atoms with Crippen LogP contribution >= 0.6 is 11.6 Å². The van der Waals surface area contributed by atoms with Crippen LogP contribution in [0.4, 0.5) is 5.69 Å². The van der Waals surface area contributed by atoms with Crippen molar-refractivity contribution in [3.8, 4) is 11.5 Å². The van der Waals surface area contributed by atoms with Gasteiger partial charge in [0.1, 0.15) is 25.1 Å². The van der Waals surface area contributed by atoms with Crippen molar-refractivity contribution in [1.29, 1.82) is 0 Å². The summed E-state index contributed by atoms with van der Waals surface area (Å²) in [5.74, 6) is -3.96. The lowest BCUT2D eigenvalue weighted by molar-refractivity contribution is -0.147. The van der Waals surface area contributed by atoms with Crippen LogP contribution in [0.2, 0.25) is 5.02 Å². The van der Waals surface area contributed by atoms with Gasteiger partial charge in [-0.15, -0.1) is 0 Å². The molecule has 0 aromatic heterocycles. The van der Waals surface area contributed by atoms with Gasteiger partial charge < -0.3 is 35.3 Å². The first kappa shape index (κ1) is 34.3. The first-order chi connectivity index (χ1) is 18.5. The number of hydrogen-bond acceptors (Lipinski definition) is 8. The Kier molecular flexibility index (Phi) is 15.5. The summed E-state index contributed by atoms with van der Waals surface area (Å²) in [6, 6.07) is 16.5. The van der Waals surface area contributed by atoms with Gasteiger partial charge in [0.25, 0.3) is 0 Å². The lowest BCUT2D eigenvalue weighted by Gasteiger charge is -2.18. The number of carbonyl (C=O) groups is 5. The zero-order chi connectivity index (χ0) is 30.1. The number of hydrogen-bond donors (Lipinski definition) is 5. The fraction of sp³-hybridized carbons (Fsp3) is 0.148. The van der Waals surface area contributed by atoms with Crippen LogP contribution in [0.15, 0.2) is 60.7 Å². The SMILES string of the molecule is C=O.C=O.CN(Cc1ccc(Cl)c(O)c1)Cc1ccc(NC(=O)C(=O)O)c(C(=O)O)c1.Cc1ccccc1O. The summed E-state index contributed by atoms with van der Waals surface area (Å²) in [4.78, 5) is 51.2. The Bertz CT molecular complexity index is 1240. The Morgan fingerprint density at radius 3 is 1.85 bits per heavy atom. The number of carbonyl (C=O) groups excluding carboxylic acids is 3. The molecule has 12 heteroatoms. The Labute approximate surface area is 229 Å². The van der Waals surface area contributed by atoms with E-state index in [2.05, 4.69) is 0 Å². The molecule has 5 N–H and O–H groups in total. The van der Waals surface area contributed by atoms with Gasteiger partial charge in [-0.1, -0.05) is 41.9 Å². The van der Waals surface area contributed by atoms with E-state index in [1.807, 2.05) is 56.0 Å². The molecule has 0 radical (unpaired) electrons. The second kappa shape index (κ2) is 17.7. The Balaban J connectivity index is 0.00000101. The predicted molar refractivity (Wildman–Crippen MR) is 145 cm³/mol. The molecule has 3 aromatic carbocycles. The third-order valence-corrected chi connectivity index (χ3v) is 5.11. The molecule has 1 amide bonds. The minimum Gasteiger partial charge on any atom is -0.508 e. The summed E-state index contributed by atoms with van der Waals surface area (Å²) in [7, 11) is 1.81. The molecule has 0 bridgehead atoms. The zero-order valence-electron chi connectivity index (χ0n) is 21.3. The minimum absolute atomic E-state index is 0.0192. The smallest absolute Gasteiger partial charge is 0.394 e. The second-order valence-electron chi connectivity index (χ2n) is 7.69. The van der Waals surface area contributed by atoms with Gasteiger partial charge in [-0.05, 0) is 61.0 Å². The van der Waals surface area contributed by atoms with E-state index in [1.165, 1.54) is 12.1 Å². The van der Waals surface area contributed by atoms with Crippen molar-refractivity contribution < 1.29 is 44.4 Å². The van der Waals surface area contributed by atoms with Crippen LogP contribution < -0.4 is 5.32 Å². The van der Waals surface area contributed by atoms with E-state index in [9.17, 15) is 24.6 Å². The maximum atomic E-state index is 11.4. The van der Waals surface area contributed by atoms with E-state index in [0.717, 1.165) is 11.1 Å². The number of aromatic carboxylic acids is 1. The average Bonchev–Trinajstić information content (AvgIpc) is 2.91. The highest BCUT2D eigenvalue weighted by Gasteiger charge is 2.17. The molecule has 39 heavy (non-hydrogen) atoms. The molecule has 0 atom stereocenters. The quantitative estimate of drug-likeness (QED) is 0.278. The number of halogens is 1. The number of benzene rings is 3. The molecule has 3 aromatic rings. The fourth-order valence-electron chi connectivity index (χ4n) is 3.05. The van der Waals surface area contributed by atoms with Crippen LogP contribution in [0.1, 0.15) is 27.0 Å². The minimum atomic E-state index is -1.71. The summed E-state index contributed by atoms with van der Waals surface area (Å²) < 4.78 is 0. The standard InChI is InChI=1S/C18H17ClN2O6.C7H8O.2CH2O/c1-21(9-11-2-4-13(19)15(22)7-11)8-10-3-5-14(12(6-10)17(24)25)20-16(23)18(26)27;1-6-4-2-3-5-7(6)8;2*1-2/h2-7,22H,8-9H2,1H3,(H,20,23)(H,24,25)(H,26,27);2-5,8H,1H3;2*1H2. The highest BCUT2D eigenvalue weighted by molar-refractivity contribution is 6.36. The number of anilines is 1. The third-order valence-electron chi connectivity index (χ3n) is 4.79.